The van der Waals surface area contributed by atoms with Crippen molar-refractivity contribution in [2.24, 2.45) is 0 Å². The molecule has 2 heteroatoms. The molecule has 0 aliphatic carbocycles. The Kier molecular flexibility index (Phi) is 2.36. The van der Waals surface area contributed by atoms with E-state index >= 15 is 0 Å². The average Bonchev–Trinajstić information content (AvgIpc) is 0.811. The normalized spacial score (nSPS) is 9.00. The predicted octanol–water partition coefficient (Wildman–Crippen LogP) is 0.939. The standard InChI is InChI=1S/2CH3.FH.Sn.H/h2*1H3;1H;;/q;;;+1;/p-1. The summed E-state index contributed by atoms with van der Waals surface area (Å²) in [5, 5.41) is 0. The molecule has 0 nitrogen and oxygen atoms in total. The number of hydrogen-bond donors (Lipinski definition) is 0. The fourth-order valence-electron chi connectivity index (χ4n) is 0. The zero-order valence-electron chi connectivity index (χ0n) is 2.96. The number of hydrogen-bond acceptors (Lipinski definition) is 0. The molecular weight excluding hydrogens is 162 g/mol. The van der Waals surface area contributed by atoms with Gasteiger partial charge in [0.05, 0.1) is 0 Å². The van der Waals surface area contributed by atoms with Crippen LogP contribution in [0.1, 0.15) is 0 Å². The van der Waals surface area contributed by atoms with E-state index in [1.54, 1.807) is 9.88 Å². The predicted molar refractivity (Wildman–Crippen MR) is 20.0 cm³/mol. The molecule has 0 amide bonds. The molecule has 0 N–H and O–H groups in total. The van der Waals surface area contributed by atoms with Crippen LogP contribution in [0.5, 0.6) is 0 Å². The third-order valence-corrected chi connectivity index (χ3v) is 0. The van der Waals surface area contributed by atoms with Gasteiger partial charge in [-0.1, -0.05) is 0 Å². The monoisotopic (exact) mass is 170 g/mol. The molecule has 0 saturated heterocycles. The molecule has 0 heterocycles. The van der Waals surface area contributed by atoms with Crippen LogP contribution in [0.2, 0.25) is 9.88 Å². The van der Waals surface area contributed by atoms with Gasteiger partial charge in [-0.2, -0.15) is 0 Å². The molecule has 0 aromatic carbocycles. The van der Waals surface area contributed by atoms with E-state index in [1.165, 1.54) is 0 Å². The maximum atomic E-state index is 11.2. The van der Waals surface area contributed by atoms with Crippen molar-refractivity contribution in [1.82, 2.24) is 0 Å². The summed E-state index contributed by atoms with van der Waals surface area (Å²) in [6, 6.07) is 0. The fourth-order valence-corrected chi connectivity index (χ4v) is 0. The van der Waals surface area contributed by atoms with Crippen molar-refractivity contribution in [1.29, 1.82) is 0 Å². The molecule has 26 valence electrons. The van der Waals surface area contributed by atoms with Crippen LogP contribution in [0.25, 0.3) is 0 Å². The Bertz CT molecular complexity index is 10.8. The van der Waals surface area contributed by atoms with Crippen molar-refractivity contribution >= 4 is 20.3 Å². The van der Waals surface area contributed by atoms with Crippen molar-refractivity contribution in [3.63, 3.8) is 0 Å². The Labute approximate surface area is 33.5 Å². The quantitative estimate of drug-likeness (QED) is 0.473. The summed E-state index contributed by atoms with van der Waals surface area (Å²) in [4.78, 5) is 3.42. The van der Waals surface area contributed by atoms with E-state index < -0.39 is 20.3 Å². The Morgan fingerprint density at radius 2 is 1.50 bits per heavy atom. The van der Waals surface area contributed by atoms with E-state index in [9.17, 15) is 2.87 Å². The molecule has 0 saturated carbocycles. The van der Waals surface area contributed by atoms with E-state index in [-0.39, 0.29) is 0 Å². The maximum absolute atomic E-state index is 11.2. The first-order valence-corrected chi connectivity index (χ1v) is 9.21. The van der Waals surface area contributed by atoms with Crippen LogP contribution >= 0.6 is 0 Å². The topological polar surface area (TPSA) is 0 Å². The zero-order valence-corrected chi connectivity index (χ0v) is 6.25. The van der Waals surface area contributed by atoms with Gasteiger partial charge in [0, 0.05) is 0 Å². The number of rotatable bonds is 0. The van der Waals surface area contributed by atoms with Gasteiger partial charge in [-0.05, 0) is 0 Å². The molecule has 0 radical (unpaired) electrons. The summed E-state index contributed by atoms with van der Waals surface area (Å²) >= 11 is -2.14. The van der Waals surface area contributed by atoms with Crippen LogP contribution < -0.4 is 0 Å². The summed E-state index contributed by atoms with van der Waals surface area (Å²) in [6.07, 6.45) is 0. The van der Waals surface area contributed by atoms with Gasteiger partial charge in [0.25, 0.3) is 0 Å². The number of halogens is 1. The van der Waals surface area contributed by atoms with Crippen LogP contribution in [0.4, 0.5) is 2.87 Å². The van der Waals surface area contributed by atoms with Crippen LogP contribution in [-0.4, -0.2) is 20.3 Å². The van der Waals surface area contributed by atoms with Gasteiger partial charge in [0.2, 0.25) is 0 Å². The van der Waals surface area contributed by atoms with Crippen LogP contribution in [0.15, 0.2) is 0 Å². The molecule has 0 aliphatic rings. The first-order chi connectivity index (χ1) is 1.73. The second kappa shape index (κ2) is 2.00. The van der Waals surface area contributed by atoms with Gasteiger partial charge < -0.3 is 0 Å². The van der Waals surface area contributed by atoms with Crippen LogP contribution in [0.3, 0.4) is 0 Å². The fraction of sp³-hybridized carbons (Fsp3) is 1.00. The molecule has 0 atom stereocenters. The minimum absolute atomic E-state index is 1.71. The third-order valence-electron chi connectivity index (χ3n) is 0. The molecule has 0 spiro atoms. The first kappa shape index (κ1) is 4.73. The van der Waals surface area contributed by atoms with Gasteiger partial charge in [0.1, 0.15) is 0 Å². The Morgan fingerprint density at radius 3 is 1.50 bits per heavy atom. The molecule has 0 rings (SSSR count). The molecule has 0 aromatic rings. The van der Waals surface area contributed by atoms with Crippen LogP contribution in [0, 0.1) is 0 Å². The Hall–Kier alpha value is 0.729. The van der Waals surface area contributed by atoms with Gasteiger partial charge >= 0.3 is 33.1 Å². The zero-order chi connectivity index (χ0) is 3.58. The minimum atomic E-state index is -2.14. The van der Waals surface area contributed by atoms with Gasteiger partial charge in [-0.15, -0.1) is 0 Å². The van der Waals surface area contributed by atoms with E-state index in [0.29, 0.717) is 0 Å². The molecular formula is C2H7FSn. The van der Waals surface area contributed by atoms with Crippen molar-refractivity contribution in [2.75, 3.05) is 0 Å². The van der Waals surface area contributed by atoms with E-state index in [1.807, 2.05) is 0 Å². The second-order valence-electron chi connectivity index (χ2n) is 1.01. The summed E-state index contributed by atoms with van der Waals surface area (Å²) in [6.45, 7) is 0. The third kappa shape index (κ3) is 15.4. The van der Waals surface area contributed by atoms with Crippen LogP contribution in [-0.2, 0) is 0 Å². The average molecular weight is 169 g/mol. The SMILES string of the molecule is [CH3][SnH]([CH3])[F]. The van der Waals surface area contributed by atoms with E-state index in [0.717, 1.165) is 0 Å². The van der Waals surface area contributed by atoms with Crippen molar-refractivity contribution in [2.45, 2.75) is 9.88 Å². The molecule has 0 unspecified atom stereocenters. The van der Waals surface area contributed by atoms with Crippen molar-refractivity contribution in [3.8, 4) is 0 Å². The molecule has 0 aliphatic heterocycles. The van der Waals surface area contributed by atoms with Gasteiger partial charge in [-0.3, -0.25) is 0 Å². The summed E-state index contributed by atoms with van der Waals surface area (Å²) in [5.74, 6) is 0. The molecule has 0 bridgehead atoms. The van der Waals surface area contributed by atoms with Crippen molar-refractivity contribution in [3.05, 3.63) is 0 Å². The summed E-state index contributed by atoms with van der Waals surface area (Å²) in [5.41, 5.74) is 0. The summed E-state index contributed by atoms with van der Waals surface area (Å²) in [7, 11) is 0. The molecule has 0 fully saturated rings. The Balaban J connectivity index is 2.32. The first-order valence-electron chi connectivity index (χ1n) is 1.37. The Morgan fingerprint density at radius 1 is 1.50 bits per heavy atom. The molecule has 4 heavy (non-hydrogen) atoms. The summed E-state index contributed by atoms with van der Waals surface area (Å²) < 4.78 is 11.2. The van der Waals surface area contributed by atoms with Gasteiger partial charge in [-0.25, -0.2) is 0 Å². The van der Waals surface area contributed by atoms with E-state index in [2.05, 4.69) is 0 Å². The van der Waals surface area contributed by atoms with Gasteiger partial charge in [0.15, 0.2) is 0 Å². The molecule has 0 aromatic heterocycles. The van der Waals surface area contributed by atoms with Crippen molar-refractivity contribution < 1.29 is 2.87 Å². The van der Waals surface area contributed by atoms with E-state index in [4.69, 9.17) is 0 Å². The second-order valence-corrected chi connectivity index (χ2v) is 6.80.